The zero-order chi connectivity index (χ0) is 16.6. The summed E-state index contributed by atoms with van der Waals surface area (Å²) in [7, 11) is 5.76. The quantitative estimate of drug-likeness (QED) is 0.753. The van der Waals surface area contributed by atoms with Crippen molar-refractivity contribution in [1.29, 1.82) is 0 Å². The zero-order valence-corrected chi connectivity index (χ0v) is 12.6. The van der Waals surface area contributed by atoms with Crippen molar-refractivity contribution in [3.05, 3.63) is 58.9 Å². The number of carbonyl (C=O) groups is 1. The molecule has 0 spiro atoms. The Morgan fingerprint density at radius 2 is 2.00 bits per heavy atom. The van der Waals surface area contributed by atoms with Crippen LogP contribution in [-0.4, -0.2) is 23.9 Å². The molecule has 0 unspecified atom stereocenters. The van der Waals surface area contributed by atoms with Crippen molar-refractivity contribution >= 4 is 41.8 Å². The average Bonchev–Trinajstić information content (AvgIpc) is 2.49. The van der Waals surface area contributed by atoms with Crippen LogP contribution in [0.1, 0.15) is 5.56 Å². The molecule has 2 aromatic carbocycles. The number of fused-ring (bicyclic) bond motifs is 1. The molecular weight excluding hydrogens is 315 g/mol. The number of benzene rings is 2. The van der Waals surface area contributed by atoms with Crippen LogP contribution in [0.3, 0.4) is 0 Å². The first-order chi connectivity index (χ1) is 10.9. The number of nitrogens with zero attached hydrogens (tertiary/aromatic N) is 1. The molecule has 2 radical (unpaired) electrons. The van der Waals surface area contributed by atoms with Gasteiger partial charge in [-0.3, -0.25) is 4.79 Å². The minimum Gasteiger partial charge on any atom is -0.481 e. The summed E-state index contributed by atoms with van der Waals surface area (Å²) in [6.45, 7) is 0. The van der Waals surface area contributed by atoms with Crippen molar-refractivity contribution in [1.82, 2.24) is 4.98 Å². The number of rotatable bonds is 3. The molecule has 1 heterocycles. The number of halogens is 2. The van der Waals surface area contributed by atoms with Crippen LogP contribution in [0.2, 0.25) is 5.02 Å². The lowest BCUT2D eigenvalue weighted by Gasteiger charge is -2.11. The molecule has 0 aliphatic carbocycles. The van der Waals surface area contributed by atoms with Crippen molar-refractivity contribution in [2.24, 2.45) is 0 Å². The molecule has 0 bridgehead atoms. The van der Waals surface area contributed by atoms with E-state index in [9.17, 15) is 9.18 Å². The van der Waals surface area contributed by atoms with E-state index in [0.717, 1.165) is 5.39 Å². The topological polar surface area (TPSA) is 50.2 Å². The van der Waals surface area contributed by atoms with Crippen LogP contribution in [-0.2, 0) is 11.2 Å². The van der Waals surface area contributed by atoms with E-state index in [0.29, 0.717) is 27.8 Å². The average molecular weight is 326 g/mol. The predicted molar refractivity (Wildman–Crippen MR) is 88.9 cm³/mol. The second-order valence-electron chi connectivity index (χ2n) is 5.15. The molecule has 3 aromatic rings. The van der Waals surface area contributed by atoms with Gasteiger partial charge in [0.2, 0.25) is 0 Å². The molecule has 0 saturated carbocycles. The maximum atomic E-state index is 13.4. The predicted octanol–water partition coefficient (Wildman–Crippen LogP) is 3.12. The van der Waals surface area contributed by atoms with Crippen molar-refractivity contribution in [3.63, 3.8) is 0 Å². The summed E-state index contributed by atoms with van der Waals surface area (Å²) in [5.74, 6) is -1.52. The molecule has 23 heavy (non-hydrogen) atoms. The van der Waals surface area contributed by atoms with Gasteiger partial charge in [-0.05, 0) is 41.3 Å². The summed E-state index contributed by atoms with van der Waals surface area (Å²) in [6, 6.07) is 11.1. The van der Waals surface area contributed by atoms with E-state index in [1.54, 1.807) is 24.3 Å². The second-order valence-corrected chi connectivity index (χ2v) is 5.55. The lowest BCUT2D eigenvalue weighted by atomic mass is 9.93. The third kappa shape index (κ3) is 3.20. The molecule has 0 aliphatic heterocycles. The Morgan fingerprint density at radius 3 is 2.70 bits per heavy atom. The summed E-state index contributed by atoms with van der Waals surface area (Å²) in [4.78, 5) is 15.6. The summed E-state index contributed by atoms with van der Waals surface area (Å²) in [5, 5.41) is 9.83. The number of pyridine rings is 1. The van der Waals surface area contributed by atoms with Gasteiger partial charge >= 0.3 is 5.97 Å². The Bertz CT molecular complexity index is 930. The molecule has 0 atom stereocenters. The van der Waals surface area contributed by atoms with E-state index < -0.39 is 11.8 Å². The summed E-state index contributed by atoms with van der Waals surface area (Å²) in [5.41, 5.74) is 2.78. The Labute approximate surface area is 138 Å². The van der Waals surface area contributed by atoms with Gasteiger partial charge in [0.25, 0.3) is 0 Å². The molecule has 0 fully saturated rings. The normalized spacial score (nSPS) is 10.9. The summed E-state index contributed by atoms with van der Waals surface area (Å²) in [6.07, 6.45) is -0.206. The maximum absolute atomic E-state index is 13.4. The molecule has 0 aliphatic rings. The highest BCUT2D eigenvalue weighted by Gasteiger charge is 2.14. The van der Waals surface area contributed by atoms with Gasteiger partial charge < -0.3 is 5.11 Å². The lowest BCUT2D eigenvalue weighted by Crippen LogP contribution is -2.05. The number of carboxylic acid groups (broad SMARTS) is 1. The standard InChI is InChI=1S/C17H10BClFNO2/c18-12-2-4-15-10(6-12)5-11(8-16(22)23)17(21-15)9-1-3-14(20)13(19)7-9/h1-7H,8H2,(H,22,23). The minimum atomic E-state index is -0.982. The second kappa shape index (κ2) is 6.01. The fourth-order valence-corrected chi connectivity index (χ4v) is 2.61. The summed E-state index contributed by atoms with van der Waals surface area (Å²) >= 11 is 5.83. The van der Waals surface area contributed by atoms with Gasteiger partial charge in [0, 0.05) is 5.56 Å². The number of aliphatic carboxylic acids is 1. The largest absolute Gasteiger partial charge is 0.481 e. The van der Waals surface area contributed by atoms with Gasteiger partial charge in [0.05, 0.1) is 22.7 Å². The molecule has 1 N–H and O–H groups in total. The van der Waals surface area contributed by atoms with Crippen LogP contribution in [0, 0.1) is 5.82 Å². The van der Waals surface area contributed by atoms with E-state index in [1.807, 2.05) is 0 Å². The Hall–Kier alpha value is -2.40. The third-order valence-corrected chi connectivity index (χ3v) is 3.74. The van der Waals surface area contributed by atoms with Gasteiger partial charge in [-0.2, -0.15) is 0 Å². The molecule has 3 nitrogen and oxygen atoms in total. The first-order valence-corrected chi connectivity index (χ1v) is 7.18. The van der Waals surface area contributed by atoms with Crippen LogP contribution >= 0.6 is 11.6 Å². The van der Waals surface area contributed by atoms with E-state index in [2.05, 4.69) is 4.98 Å². The van der Waals surface area contributed by atoms with E-state index in [4.69, 9.17) is 24.6 Å². The van der Waals surface area contributed by atoms with Crippen molar-refractivity contribution in [2.75, 3.05) is 0 Å². The van der Waals surface area contributed by atoms with Gasteiger partial charge in [0.1, 0.15) is 13.7 Å². The molecule has 0 amide bonds. The number of hydrogen-bond donors (Lipinski definition) is 1. The van der Waals surface area contributed by atoms with Gasteiger partial charge in [-0.15, -0.1) is 0 Å². The van der Waals surface area contributed by atoms with Crippen molar-refractivity contribution in [3.8, 4) is 11.3 Å². The minimum absolute atomic E-state index is 0.0389. The van der Waals surface area contributed by atoms with Crippen molar-refractivity contribution in [2.45, 2.75) is 6.42 Å². The highest BCUT2D eigenvalue weighted by molar-refractivity contribution is 6.33. The molecule has 3 rings (SSSR count). The van der Waals surface area contributed by atoms with Crippen LogP contribution in [0.5, 0.6) is 0 Å². The van der Waals surface area contributed by atoms with Crippen LogP contribution in [0.15, 0.2) is 42.5 Å². The molecule has 6 heteroatoms. The number of hydrogen-bond acceptors (Lipinski definition) is 2. The van der Waals surface area contributed by atoms with Gasteiger partial charge in [-0.25, -0.2) is 9.37 Å². The summed E-state index contributed by atoms with van der Waals surface area (Å²) < 4.78 is 13.4. The lowest BCUT2D eigenvalue weighted by molar-refractivity contribution is -0.136. The Kier molecular flexibility index (Phi) is 4.05. The van der Waals surface area contributed by atoms with E-state index >= 15 is 0 Å². The monoisotopic (exact) mass is 325 g/mol. The fourth-order valence-electron chi connectivity index (χ4n) is 2.43. The van der Waals surface area contributed by atoms with Crippen LogP contribution < -0.4 is 5.46 Å². The van der Waals surface area contributed by atoms with Gasteiger partial charge in [-0.1, -0.05) is 29.2 Å². The molecule has 0 saturated heterocycles. The van der Waals surface area contributed by atoms with Crippen LogP contribution in [0.25, 0.3) is 22.2 Å². The van der Waals surface area contributed by atoms with E-state index in [1.165, 1.54) is 18.2 Å². The Balaban J connectivity index is 2.25. The third-order valence-electron chi connectivity index (χ3n) is 3.45. The maximum Gasteiger partial charge on any atom is 0.307 e. The first kappa shape index (κ1) is 15.5. The smallest absolute Gasteiger partial charge is 0.307 e. The highest BCUT2D eigenvalue weighted by Crippen LogP contribution is 2.29. The van der Waals surface area contributed by atoms with Crippen molar-refractivity contribution < 1.29 is 14.3 Å². The number of aromatic nitrogens is 1. The SMILES string of the molecule is [B]c1ccc2nc(-c3ccc(F)c(Cl)c3)c(CC(=O)O)cc2c1. The van der Waals surface area contributed by atoms with Gasteiger partial charge in [0.15, 0.2) is 0 Å². The van der Waals surface area contributed by atoms with Crippen LogP contribution in [0.4, 0.5) is 4.39 Å². The Morgan fingerprint density at radius 1 is 1.22 bits per heavy atom. The van der Waals surface area contributed by atoms with E-state index in [-0.39, 0.29) is 11.4 Å². The molecule has 1 aromatic heterocycles. The zero-order valence-electron chi connectivity index (χ0n) is 11.9. The highest BCUT2D eigenvalue weighted by atomic mass is 35.5. The molecular formula is C17H10BClFNO2. The number of carboxylic acids is 1. The first-order valence-electron chi connectivity index (χ1n) is 6.80. The fraction of sp³-hybridized carbons (Fsp3) is 0.0588. The molecule has 112 valence electrons.